The van der Waals surface area contributed by atoms with Crippen molar-refractivity contribution in [1.29, 1.82) is 5.41 Å². The number of aromatic nitrogens is 1. The van der Waals surface area contributed by atoms with Crippen molar-refractivity contribution in [3.05, 3.63) is 23.4 Å². The van der Waals surface area contributed by atoms with Crippen LogP contribution in [0.4, 0.5) is 5.82 Å². The van der Waals surface area contributed by atoms with Gasteiger partial charge in [-0.05, 0) is 37.5 Å². The van der Waals surface area contributed by atoms with E-state index in [1.165, 1.54) is 0 Å². The summed E-state index contributed by atoms with van der Waals surface area (Å²) in [6.45, 7) is 6.85. The Bertz CT molecular complexity index is 495. The Balaban J connectivity index is 2.62. The van der Waals surface area contributed by atoms with Crippen molar-refractivity contribution in [3.63, 3.8) is 0 Å². The van der Waals surface area contributed by atoms with E-state index >= 15 is 0 Å². The van der Waals surface area contributed by atoms with E-state index in [-0.39, 0.29) is 0 Å². The molecule has 0 saturated carbocycles. The molecule has 20 heavy (non-hydrogen) atoms. The molecule has 0 aliphatic heterocycles. The summed E-state index contributed by atoms with van der Waals surface area (Å²) >= 11 is 0. The van der Waals surface area contributed by atoms with E-state index in [2.05, 4.69) is 42.1 Å². The van der Waals surface area contributed by atoms with Crippen molar-refractivity contribution in [3.8, 4) is 11.8 Å². The molecule has 1 heterocycles. The average molecular weight is 271 g/mol. The van der Waals surface area contributed by atoms with Crippen molar-refractivity contribution in [2.45, 2.75) is 52.9 Å². The summed E-state index contributed by atoms with van der Waals surface area (Å²) < 4.78 is 0. The van der Waals surface area contributed by atoms with Crippen LogP contribution >= 0.6 is 0 Å². The normalized spacial score (nSPS) is 9.75. The molecule has 0 atom stereocenters. The molecule has 0 aliphatic carbocycles. The Kier molecular flexibility index (Phi) is 7.42. The Morgan fingerprint density at radius 1 is 1.25 bits per heavy atom. The number of unbranched alkanes of at least 4 members (excludes halogenated alkanes) is 1. The lowest BCUT2D eigenvalue weighted by Crippen LogP contribution is -2.06. The van der Waals surface area contributed by atoms with Crippen LogP contribution in [0.3, 0.4) is 0 Å². The van der Waals surface area contributed by atoms with Gasteiger partial charge in [0.05, 0.1) is 6.54 Å². The molecule has 0 saturated heterocycles. The average Bonchev–Trinajstić information content (AvgIpc) is 2.38. The quantitative estimate of drug-likeness (QED) is 0.582. The molecular weight excluding hydrogens is 246 g/mol. The minimum atomic E-state index is 0.627. The third-order valence-corrected chi connectivity index (χ3v) is 2.84. The van der Waals surface area contributed by atoms with Crippen LogP contribution in [0, 0.1) is 24.2 Å². The SMILES string of the molecule is CCCC#CCNc1cc(CC(=N)CCC)cc(C)n1. The minimum absolute atomic E-state index is 0.627. The predicted octanol–water partition coefficient (Wildman–Crippen LogP) is 3.97. The molecular formula is C17H25N3. The van der Waals surface area contributed by atoms with Gasteiger partial charge in [0.1, 0.15) is 5.82 Å². The maximum atomic E-state index is 7.92. The van der Waals surface area contributed by atoms with Gasteiger partial charge in [-0.15, -0.1) is 5.92 Å². The molecule has 0 amide bonds. The highest BCUT2D eigenvalue weighted by Crippen LogP contribution is 2.12. The zero-order valence-corrected chi connectivity index (χ0v) is 12.8. The highest BCUT2D eigenvalue weighted by atomic mass is 15.0. The van der Waals surface area contributed by atoms with Gasteiger partial charge in [-0.1, -0.05) is 26.2 Å². The van der Waals surface area contributed by atoms with Crippen LogP contribution in [0.2, 0.25) is 0 Å². The van der Waals surface area contributed by atoms with E-state index in [4.69, 9.17) is 5.41 Å². The second kappa shape index (κ2) is 9.14. The fourth-order valence-corrected chi connectivity index (χ4v) is 1.98. The molecule has 3 nitrogen and oxygen atoms in total. The highest BCUT2D eigenvalue weighted by Gasteiger charge is 2.03. The lowest BCUT2D eigenvalue weighted by atomic mass is 10.1. The van der Waals surface area contributed by atoms with Crippen molar-refractivity contribution in [2.24, 2.45) is 0 Å². The Labute approximate surface area is 122 Å². The van der Waals surface area contributed by atoms with Gasteiger partial charge >= 0.3 is 0 Å². The van der Waals surface area contributed by atoms with E-state index in [1.807, 2.05) is 13.0 Å². The van der Waals surface area contributed by atoms with Crippen LogP contribution in [0.25, 0.3) is 0 Å². The molecule has 0 aromatic carbocycles. The Morgan fingerprint density at radius 3 is 2.75 bits per heavy atom. The molecule has 0 radical (unpaired) electrons. The van der Waals surface area contributed by atoms with Gasteiger partial charge in [0.15, 0.2) is 0 Å². The van der Waals surface area contributed by atoms with E-state index < -0.39 is 0 Å². The van der Waals surface area contributed by atoms with E-state index in [9.17, 15) is 0 Å². The molecule has 1 rings (SSSR count). The summed E-state index contributed by atoms with van der Waals surface area (Å²) in [6, 6.07) is 4.08. The summed E-state index contributed by atoms with van der Waals surface area (Å²) in [5.41, 5.74) is 2.92. The third kappa shape index (κ3) is 6.38. The van der Waals surface area contributed by atoms with Gasteiger partial charge in [0.2, 0.25) is 0 Å². The smallest absolute Gasteiger partial charge is 0.127 e. The number of hydrogen-bond acceptors (Lipinski definition) is 3. The Morgan fingerprint density at radius 2 is 2.05 bits per heavy atom. The van der Waals surface area contributed by atoms with E-state index in [0.29, 0.717) is 13.0 Å². The number of nitrogens with zero attached hydrogens (tertiary/aromatic N) is 1. The standard InChI is InChI=1S/C17H25N3/c1-4-6-7-8-10-19-17-13-15(11-14(3)20-17)12-16(18)9-5-2/h11,13,18H,4-6,9-10,12H2,1-3H3,(H,19,20). The van der Waals surface area contributed by atoms with Crippen LogP contribution in [0.15, 0.2) is 12.1 Å². The van der Waals surface area contributed by atoms with Gasteiger partial charge < -0.3 is 10.7 Å². The third-order valence-electron chi connectivity index (χ3n) is 2.84. The molecule has 0 spiro atoms. The maximum absolute atomic E-state index is 7.92. The number of anilines is 1. The van der Waals surface area contributed by atoms with Gasteiger partial charge in [-0.25, -0.2) is 4.98 Å². The zero-order valence-electron chi connectivity index (χ0n) is 12.8. The van der Waals surface area contributed by atoms with Crippen LogP contribution in [-0.4, -0.2) is 17.2 Å². The lowest BCUT2D eigenvalue weighted by Gasteiger charge is -2.08. The van der Waals surface area contributed by atoms with Crippen molar-refractivity contribution in [1.82, 2.24) is 4.98 Å². The first-order chi connectivity index (χ1) is 9.65. The molecule has 0 aliphatic rings. The lowest BCUT2D eigenvalue weighted by molar-refractivity contribution is 0.963. The number of aryl methyl sites for hydroxylation is 1. The first-order valence-electron chi connectivity index (χ1n) is 7.39. The number of hydrogen-bond donors (Lipinski definition) is 2. The maximum Gasteiger partial charge on any atom is 0.127 e. The van der Waals surface area contributed by atoms with Crippen molar-refractivity contribution >= 4 is 11.5 Å². The minimum Gasteiger partial charge on any atom is -0.359 e. The predicted molar refractivity (Wildman–Crippen MR) is 86.5 cm³/mol. The molecule has 108 valence electrons. The largest absolute Gasteiger partial charge is 0.359 e. The van der Waals surface area contributed by atoms with Crippen LogP contribution in [0.5, 0.6) is 0 Å². The topological polar surface area (TPSA) is 48.8 Å². The van der Waals surface area contributed by atoms with Crippen LogP contribution in [0.1, 0.15) is 50.8 Å². The summed E-state index contributed by atoms with van der Waals surface area (Å²) in [4.78, 5) is 4.46. The van der Waals surface area contributed by atoms with Gasteiger partial charge in [0, 0.05) is 24.2 Å². The molecule has 1 aromatic heterocycles. The zero-order chi connectivity index (χ0) is 14.8. The van der Waals surface area contributed by atoms with Crippen LogP contribution < -0.4 is 5.32 Å². The fourth-order valence-electron chi connectivity index (χ4n) is 1.98. The monoisotopic (exact) mass is 271 g/mol. The summed E-state index contributed by atoms with van der Waals surface area (Å²) in [7, 11) is 0. The molecule has 0 bridgehead atoms. The summed E-state index contributed by atoms with van der Waals surface area (Å²) in [6.07, 6.45) is 4.66. The summed E-state index contributed by atoms with van der Waals surface area (Å²) in [5.74, 6) is 7.06. The van der Waals surface area contributed by atoms with Gasteiger partial charge in [-0.2, -0.15) is 0 Å². The molecule has 3 heteroatoms. The molecule has 2 N–H and O–H groups in total. The highest BCUT2D eigenvalue weighted by molar-refractivity contribution is 5.83. The first kappa shape index (κ1) is 16.2. The number of nitrogens with one attached hydrogen (secondary N) is 2. The van der Waals surface area contributed by atoms with Crippen LogP contribution in [-0.2, 0) is 6.42 Å². The first-order valence-corrected chi connectivity index (χ1v) is 7.39. The van der Waals surface area contributed by atoms with E-state index in [0.717, 1.165) is 48.5 Å². The number of rotatable bonds is 7. The molecule has 0 unspecified atom stereocenters. The molecule has 1 aromatic rings. The molecule has 0 fully saturated rings. The van der Waals surface area contributed by atoms with E-state index in [1.54, 1.807) is 0 Å². The fraction of sp³-hybridized carbons (Fsp3) is 0.529. The second-order valence-electron chi connectivity index (χ2n) is 4.99. The number of pyridine rings is 1. The van der Waals surface area contributed by atoms with Gasteiger partial charge in [0.25, 0.3) is 0 Å². The van der Waals surface area contributed by atoms with Crippen molar-refractivity contribution in [2.75, 3.05) is 11.9 Å². The summed E-state index contributed by atoms with van der Waals surface area (Å²) in [5, 5.41) is 11.2. The van der Waals surface area contributed by atoms with Crippen molar-refractivity contribution < 1.29 is 0 Å². The Hall–Kier alpha value is -1.82. The second-order valence-corrected chi connectivity index (χ2v) is 4.99. The van der Waals surface area contributed by atoms with Gasteiger partial charge in [-0.3, -0.25) is 0 Å².